The second-order valence-corrected chi connectivity index (χ2v) is 4.40. The van der Waals surface area contributed by atoms with Crippen molar-refractivity contribution in [2.75, 3.05) is 11.9 Å². The molecule has 0 saturated heterocycles. The zero-order chi connectivity index (χ0) is 13.7. The van der Waals surface area contributed by atoms with Gasteiger partial charge in [-0.05, 0) is 31.0 Å². The minimum Gasteiger partial charge on any atom is -0.477 e. The Morgan fingerprint density at radius 2 is 2.16 bits per heavy atom. The van der Waals surface area contributed by atoms with E-state index in [2.05, 4.69) is 35.4 Å². The number of aromatic carboxylic acids is 1. The Labute approximate surface area is 112 Å². The first-order valence-electron chi connectivity index (χ1n) is 6.14. The summed E-state index contributed by atoms with van der Waals surface area (Å²) in [7, 11) is 0. The molecule has 0 bridgehead atoms. The number of hydrogen-bond acceptors (Lipinski definition) is 3. The zero-order valence-corrected chi connectivity index (χ0v) is 10.8. The summed E-state index contributed by atoms with van der Waals surface area (Å²) >= 11 is 0. The number of carboxylic acids is 1. The Morgan fingerprint density at radius 3 is 2.89 bits per heavy atom. The maximum atomic E-state index is 10.8. The Balaban J connectivity index is 1.92. The summed E-state index contributed by atoms with van der Waals surface area (Å²) in [6.07, 6.45) is 2.39. The smallest absolute Gasteiger partial charge is 0.354 e. The van der Waals surface area contributed by atoms with Crippen LogP contribution in [0.1, 0.15) is 21.6 Å². The molecule has 0 aliphatic rings. The van der Waals surface area contributed by atoms with Crippen molar-refractivity contribution in [3.63, 3.8) is 0 Å². The molecule has 4 heteroatoms. The molecule has 2 aromatic rings. The molecule has 0 atom stereocenters. The fourth-order valence-corrected chi connectivity index (χ4v) is 1.88. The molecule has 98 valence electrons. The number of carboxylic acid groups (broad SMARTS) is 1. The molecule has 0 spiro atoms. The van der Waals surface area contributed by atoms with Crippen LogP contribution in [0.2, 0.25) is 0 Å². The quantitative estimate of drug-likeness (QED) is 0.863. The molecule has 19 heavy (non-hydrogen) atoms. The molecule has 0 fully saturated rings. The SMILES string of the molecule is Cc1cccc(CCNc2ccnc(C(=O)O)c2)c1. The Hall–Kier alpha value is -2.36. The third kappa shape index (κ3) is 3.81. The number of nitrogens with one attached hydrogen (secondary N) is 1. The van der Waals surface area contributed by atoms with Gasteiger partial charge in [0, 0.05) is 18.4 Å². The lowest BCUT2D eigenvalue weighted by Crippen LogP contribution is -2.07. The van der Waals surface area contributed by atoms with Crippen LogP contribution in [0, 0.1) is 6.92 Å². The van der Waals surface area contributed by atoms with Gasteiger partial charge in [-0.1, -0.05) is 29.8 Å². The maximum absolute atomic E-state index is 10.8. The lowest BCUT2D eigenvalue weighted by Gasteiger charge is -2.07. The molecular weight excluding hydrogens is 240 g/mol. The van der Waals surface area contributed by atoms with Crippen molar-refractivity contribution >= 4 is 11.7 Å². The minimum absolute atomic E-state index is 0.0561. The maximum Gasteiger partial charge on any atom is 0.354 e. The number of benzene rings is 1. The first-order chi connectivity index (χ1) is 9.15. The Bertz CT molecular complexity index is 582. The van der Waals surface area contributed by atoms with Gasteiger partial charge >= 0.3 is 5.97 Å². The third-order valence-electron chi connectivity index (χ3n) is 2.80. The molecule has 0 radical (unpaired) electrons. The monoisotopic (exact) mass is 256 g/mol. The molecule has 1 aromatic heterocycles. The van der Waals surface area contributed by atoms with Crippen LogP contribution < -0.4 is 5.32 Å². The number of rotatable bonds is 5. The van der Waals surface area contributed by atoms with Gasteiger partial charge in [0.2, 0.25) is 0 Å². The minimum atomic E-state index is -1.01. The number of aromatic nitrogens is 1. The summed E-state index contributed by atoms with van der Waals surface area (Å²) in [5, 5.41) is 12.1. The molecule has 4 nitrogen and oxygen atoms in total. The van der Waals surface area contributed by atoms with Crippen molar-refractivity contribution in [3.05, 3.63) is 59.4 Å². The predicted molar refractivity (Wildman–Crippen MR) is 74.6 cm³/mol. The van der Waals surface area contributed by atoms with Crippen LogP contribution in [0.15, 0.2) is 42.6 Å². The first-order valence-corrected chi connectivity index (χ1v) is 6.14. The van der Waals surface area contributed by atoms with E-state index >= 15 is 0 Å². The number of hydrogen-bond donors (Lipinski definition) is 2. The summed E-state index contributed by atoms with van der Waals surface area (Å²) in [5.74, 6) is -1.01. The lowest BCUT2D eigenvalue weighted by molar-refractivity contribution is 0.0690. The van der Waals surface area contributed by atoms with Gasteiger partial charge in [0.15, 0.2) is 0 Å². The van der Waals surface area contributed by atoms with Crippen molar-refractivity contribution in [1.29, 1.82) is 0 Å². The van der Waals surface area contributed by atoms with E-state index in [4.69, 9.17) is 5.11 Å². The van der Waals surface area contributed by atoms with Crippen LogP contribution in [0.25, 0.3) is 0 Å². The highest BCUT2D eigenvalue weighted by molar-refractivity contribution is 5.86. The highest BCUT2D eigenvalue weighted by atomic mass is 16.4. The molecule has 0 aliphatic carbocycles. The summed E-state index contributed by atoms with van der Waals surface area (Å²) in [6, 6.07) is 11.7. The average molecular weight is 256 g/mol. The Morgan fingerprint density at radius 1 is 1.32 bits per heavy atom. The van der Waals surface area contributed by atoms with Crippen LogP contribution in [0.3, 0.4) is 0 Å². The van der Waals surface area contributed by atoms with Crippen LogP contribution in [-0.4, -0.2) is 22.6 Å². The molecule has 0 saturated carbocycles. The fraction of sp³-hybridized carbons (Fsp3) is 0.200. The molecule has 2 rings (SSSR count). The number of anilines is 1. The van der Waals surface area contributed by atoms with E-state index in [1.807, 2.05) is 6.07 Å². The number of aryl methyl sites for hydroxylation is 1. The van der Waals surface area contributed by atoms with Crippen LogP contribution >= 0.6 is 0 Å². The van der Waals surface area contributed by atoms with Gasteiger partial charge in [0.1, 0.15) is 5.69 Å². The highest BCUT2D eigenvalue weighted by Gasteiger charge is 2.04. The third-order valence-corrected chi connectivity index (χ3v) is 2.80. The normalized spacial score (nSPS) is 10.2. The fourth-order valence-electron chi connectivity index (χ4n) is 1.88. The largest absolute Gasteiger partial charge is 0.477 e. The first kappa shape index (κ1) is 13.1. The Kier molecular flexibility index (Phi) is 4.13. The van der Waals surface area contributed by atoms with Crippen LogP contribution in [-0.2, 0) is 6.42 Å². The van der Waals surface area contributed by atoms with Crippen molar-refractivity contribution in [3.8, 4) is 0 Å². The van der Waals surface area contributed by atoms with Gasteiger partial charge in [-0.2, -0.15) is 0 Å². The highest BCUT2D eigenvalue weighted by Crippen LogP contribution is 2.09. The van der Waals surface area contributed by atoms with Crippen molar-refractivity contribution in [2.45, 2.75) is 13.3 Å². The van der Waals surface area contributed by atoms with Gasteiger partial charge in [-0.15, -0.1) is 0 Å². The van der Waals surface area contributed by atoms with Gasteiger partial charge in [0.05, 0.1) is 0 Å². The van der Waals surface area contributed by atoms with Gasteiger partial charge in [-0.3, -0.25) is 0 Å². The summed E-state index contributed by atoms with van der Waals surface area (Å²) in [6.45, 7) is 2.82. The lowest BCUT2D eigenvalue weighted by atomic mass is 10.1. The average Bonchev–Trinajstić information content (AvgIpc) is 2.39. The van der Waals surface area contributed by atoms with E-state index in [9.17, 15) is 4.79 Å². The van der Waals surface area contributed by atoms with Crippen molar-refractivity contribution < 1.29 is 9.90 Å². The second kappa shape index (κ2) is 6.00. The van der Waals surface area contributed by atoms with Gasteiger partial charge in [0.25, 0.3) is 0 Å². The van der Waals surface area contributed by atoms with Crippen LogP contribution in [0.5, 0.6) is 0 Å². The van der Waals surface area contributed by atoms with Crippen molar-refractivity contribution in [1.82, 2.24) is 4.98 Å². The van der Waals surface area contributed by atoms with E-state index in [0.717, 1.165) is 18.7 Å². The topological polar surface area (TPSA) is 62.2 Å². The number of nitrogens with zero attached hydrogens (tertiary/aromatic N) is 1. The van der Waals surface area contributed by atoms with E-state index in [1.165, 1.54) is 17.3 Å². The summed E-state index contributed by atoms with van der Waals surface area (Å²) in [4.78, 5) is 14.6. The van der Waals surface area contributed by atoms with Crippen LogP contribution in [0.4, 0.5) is 5.69 Å². The molecule has 0 amide bonds. The van der Waals surface area contributed by atoms with E-state index in [1.54, 1.807) is 12.1 Å². The van der Waals surface area contributed by atoms with Gasteiger partial charge in [-0.25, -0.2) is 9.78 Å². The number of pyridine rings is 1. The van der Waals surface area contributed by atoms with Crippen molar-refractivity contribution in [2.24, 2.45) is 0 Å². The molecule has 0 unspecified atom stereocenters. The molecule has 2 N–H and O–H groups in total. The predicted octanol–water partition coefficient (Wildman–Crippen LogP) is 2.74. The van der Waals surface area contributed by atoms with E-state index < -0.39 is 5.97 Å². The van der Waals surface area contributed by atoms with Gasteiger partial charge < -0.3 is 10.4 Å². The molecular formula is C15H16N2O2. The van der Waals surface area contributed by atoms with E-state index in [-0.39, 0.29) is 5.69 Å². The molecule has 0 aliphatic heterocycles. The standard InChI is InChI=1S/C15H16N2O2/c1-11-3-2-4-12(9-11)5-7-16-13-6-8-17-14(10-13)15(18)19/h2-4,6,8-10H,5,7H2,1H3,(H,16,17)(H,18,19). The molecule has 1 aromatic carbocycles. The summed E-state index contributed by atoms with van der Waals surface area (Å²) < 4.78 is 0. The summed E-state index contributed by atoms with van der Waals surface area (Å²) in [5.41, 5.74) is 3.34. The zero-order valence-electron chi connectivity index (χ0n) is 10.8. The second-order valence-electron chi connectivity index (χ2n) is 4.40. The number of carbonyl (C=O) groups is 1. The molecule has 1 heterocycles. The van der Waals surface area contributed by atoms with E-state index in [0.29, 0.717) is 0 Å².